The fraction of sp³-hybridized carbons (Fsp3) is 0.235. The Hall–Kier alpha value is -2.93. The van der Waals surface area contributed by atoms with Crippen molar-refractivity contribution in [1.29, 1.82) is 0 Å². The molecule has 0 aliphatic carbocycles. The van der Waals surface area contributed by atoms with E-state index in [2.05, 4.69) is 10.6 Å². The minimum atomic E-state index is -0.803. The first-order valence-corrected chi connectivity index (χ1v) is 7.41. The quantitative estimate of drug-likeness (QED) is 0.557. The number of aryl methyl sites for hydroxylation is 1. The number of hydrogen-bond acceptors (Lipinski definition) is 5. The molecule has 0 aliphatic heterocycles. The Balaban J connectivity index is 2.17. The molecule has 0 heterocycles. The fourth-order valence-corrected chi connectivity index (χ4v) is 2.32. The second-order valence-corrected chi connectivity index (χ2v) is 5.38. The zero-order chi connectivity index (χ0) is 17.7. The molecule has 24 heavy (non-hydrogen) atoms. The van der Waals surface area contributed by atoms with Gasteiger partial charge in [-0.25, -0.2) is 0 Å². The third kappa shape index (κ3) is 4.08. The summed E-state index contributed by atoms with van der Waals surface area (Å²) >= 11 is 0. The average molecular weight is 329 g/mol. The van der Waals surface area contributed by atoms with Gasteiger partial charge in [0.05, 0.1) is 11.0 Å². The number of carbonyl (C=O) groups is 1. The lowest BCUT2D eigenvalue weighted by Crippen LogP contribution is -2.18. The SMILES string of the molecule is CNC(=O)c1ccc(NCC(O)c2cccc(C)c2)c([N+](=O)[O-])c1. The van der Waals surface area contributed by atoms with Gasteiger partial charge in [0, 0.05) is 25.2 Å². The summed E-state index contributed by atoms with van der Waals surface area (Å²) in [4.78, 5) is 22.2. The number of carbonyl (C=O) groups excluding carboxylic acids is 1. The lowest BCUT2D eigenvalue weighted by atomic mass is 10.1. The number of aliphatic hydroxyl groups is 1. The monoisotopic (exact) mass is 329 g/mol. The molecule has 2 rings (SSSR count). The molecule has 1 atom stereocenters. The number of amides is 1. The van der Waals surface area contributed by atoms with E-state index in [9.17, 15) is 20.0 Å². The predicted molar refractivity (Wildman–Crippen MR) is 91.1 cm³/mol. The molecule has 1 unspecified atom stereocenters. The second-order valence-electron chi connectivity index (χ2n) is 5.38. The van der Waals surface area contributed by atoms with E-state index in [0.29, 0.717) is 0 Å². The van der Waals surface area contributed by atoms with Crippen LogP contribution in [0.1, 0.15) is 27.6 Å². The van der Waals surface area contributed by atoms with Gasteiger partial charge in [-0.3, -0.25) is 14.9 Å². The Kier molecular flexibility index (Phi) is 5.49. The molecule has 0 saturated heterocycles. The largest absolute Gasteiger partial charge is 0.387 e. The summed E-state index contributed by atoms with van der Waals surface area (Å²) in [7, 11) is 1.46. The molecule has 2 aromatic carbocycles. The minimum absolute atomic E-state index is 0.115. The summed E-state index contributed by atoms with van der Waals surface area (Å²) in [6.07, 6.45) is -0.803. The molecule has 0 fully saturated rings. The maximum absolute atomic E-state index is 11.6. The molecule has 0 saturated carbocycles. The second kappa shape index (κ2) is 7.56. The number of nitrogens with one attached hydrogen (secondary N) is 2. The van der Waals surface area contributed by atoms with Crippen molar-refractivity contribution in [3.8, 4) is 0 Å². The molecule has 0 aliphatic rings. The van der Waals surface area contributed by atoms with Gasteiger partial charge < -0.3 is 15.7 Å². The van der Waals surface area contributed by atoms with Gasteiger partial charge >= 0.3 is 0 Å². The van der Waals surface area contributed by atoms with Gasteiger partial charge in [0.15, 0.2) is 0 Å². The Labute approximate surface area is 139 Å². The van der Waals surface area contributed by atoms with E-state index in [0.717, 1.165) is 11.1 Å². The molecule has 0 bridgehead atoms. The van der Waals surface area contributed by atoms with Crippen LogP contribution in [0.3, 0.4) is 0 Å². The van der Waals surface area contributed by atoms with Crippen molar-refractivity contribution >= 4 is 17.3 Å². The van der Waals surface area contributed by atoms with Crippen molar-refractivity contribution in [2.45, 2.75) is 13.0 Å². The molecule has 0 aromatic heterocycles. The molecule has 2 aromatic rings. The summed E-state index contributed by atoms with van der Waals surface area (Å²) in [5.74, 6) is -0.399. The zero-order valence-electron chi connectivity index (χ0n) is 13.4. The van der Waals surface area contributed by atoms with Crippen molar-refractivity contribution < 1.29 is 14.8 Å². The van der Waals surface area contributed by atoms with Crippen molar-refractivity contribution in [3.63, 3.8) is 0 Å². The Morgan fingerprint density at radius 2 is 2.04 bits per heavy atom. The van der Waals surface area contributed by atoms with Crippen LogP contribution in [0.25, 0.3) is 0 Å². The molecule has 126 valence electrons. The van der Waals surface area contributed by atoms with Crippen LogP contribution in [-0.4, -0.2) is 29.5 Å². The van der Waals surface area contributed by atoms with Gasteiger partial charge in [-0.2, -0.15) is 0 Å². The first-order chi connectivity index (χ1) is 11.4. The summed E-state index contributed by atoms with van der Waals surface area (Å²) in [6.45, 7) is 2.04. The van der Waals surface area contributed by atoms with Crippen molar-refractivity contribution in [2.75, 3.05) is 18.9 Å². The van der Waals surface area contributed by atoms with Crippen molar-refractivity contribution in [1.82, 2.24) is 5.32 Å². The van der Waals surface area contributed by atoms with Crippen LogP contribution in [0.2, 0.25) is 0 Å². The van der Waals surface area contributed by atoms with E-state index in [1.165, 1.54) is 25.2 Å². The Morgan fingerprint density at radius 3 is 2.67 bits per heavy atom. The van der Waals surface area contributed by atoms with Crippen LogP contribution >= 0.6 is 0 Å². The van der Waals surface area contributed by atoms with E-state index in [1.807, 2.05) is 25.1 Å². The summed E-state index contributed by atoms with van der Waals surface area (Å²) in [5.41, 5.74) is 1.99. The topological polar surface area (TPSA) is 104 Å². The van der Waals surface area contributed by atoms with Crippen LogP contribution in [0.15, 0.2) is 42.5 Å². The van der Waals surface area contributed by atoms with Crippen molar-refractivity contribution in [3.05, 3.63) is 69.3 Å². The molecule has 0 spiro atoms. The third-order valence-electron chi connectivity index (χ3n) is 3.60. The molecule has 7 heteroatoms. The highest BCUT2D eigenvalue weighted by Crippen LogP contribution is 2.26. The molecular formula is C17H19N3O4. The highest BCUT2D eigenvalue weighted by Gasteiger charge is 2.18. The van der Waals surface area contributed by atoms with Gasteiger partial charge in [0.1, 0.15) is 5.69 Å². The smallest absolute Gasteiger partial charge is 0.293 e. The summed E-state index contributed by atoms with van der Waals surface area (Å²) in [5, 5.41) is 26.7. The average Bonchev–Trinajstić information content (AvgIpc) is 2.58. The van der Waals surface area contributed by atoms with E-state index in [1.54, 1.807) is 6.07 Å². The van der Waals surface area contributed by atoms with E-state index >= 15 is 0 Å². The van der Waals surface area contributed by atoms with Gasteiger partial charge in [0.25, 0.3) is 11.6 Å². The maximum Gasteiger partial charge on any atom is 0.293 e. The molecular weight excluding hydrogens is 310 g/mol. The first kappa shape index (κ1) is 17.4. The van der Waals surface area contributed by atoms with Crippen LogP contribution in [0.5, 0.6) is 0 Å². The van der Waals surface area contributed by atoms with E-state index in [4.69, 9.17) is 0 Å². The van der Waals surface area contributed by atoms with Crippen LogP contribution in [0.4, 0.5) is 11.4 Å². The number of hydrogen-bond donors (Lipinski definition) is 3. The summed E-state index contributed by atoms with van der Waals surface area (Å²) in [6, 6.07) is 11.6. The Bertz CT molecular complexity index is 761. The van der Waals surface area contributed by atoms with Crippen LogP contribution < -0.4 is 10.6 Å². The highest BCUT2D eigenvalue weighted by atomic mass is 16.6. The lowest BCUT2D eigenvalue weighted by molar-refractivity contribution is -0.384. The number of aliphatic hydroxyl groups excluding tert-OH is 1. The summed E-state index contributed by atoms with van der Waals surface area (Å²) < 4.78 is 0. The zero-order valence-corrected chi connectivity index (χ0v) is 13.4. The number of rotatable bonds is 6. The number of nitrogens with zero attached hydrogens (tertiary/aromatic N) is 1. The number of anilines is 1. The number of nitro benzene ring substituents is 1. The molecule has 3 N–H and O–H groups in total. The van der Waals surface area contributed by atoms with Crippen LogP contribution in [0, 0.1) is 17.0 Å². The Morgan fingerprint density at radius 1 is 1.29 bits per heavy atom. The third-order valence-corrected chi connectivity index (χ3v) is 3.60. The van der Waals surface area contributed by atoms with Crippen LogP contribution in [-0.2, 0) is 0 Å². The lowest BCUT2D eigenvalue weighted by Gasteiger charge is -2.14. The van der Waals surface area contributed by atoms with Gasteiger partial charge in [0.2, 0.25) is 0 Å². The number of nitro groups is 1. The fourth-order valence-electron chi connectivity index (χ4n) is 2.32. The normalized spacial score (nSPS) is 11.6. The molecule has 7 nitrogen and oxygen atoms in total. The van der Waals surface area contributed by atoms with Gasteiger partial charge in [-0.15, -0.1) is 0 Å². The maximum atomic E-state index is 11.6. The van der Waals surface area contributed by atoms with Gasteiger partial charge in [-0.05, 0) is 24.6 Å². The van der Waals surface area contributed by atoms with Crippen molar-refractivity contribution in [2.24, 2.45) is 0 Å². The first-order valence-electron chi connectivity index (χ1n) is 7.41. The van der Waals surface area contributed by atoms with Gasteiger partial charge in [-0.1, -0.05) is 29.8 Å². The standard InChI is InChI=1S/C17H19N3O4/c1-11-4-3-5-12(8-11)16(21)10-19-14-7-6-13(17(22)18-2)9-15(14)20(23)24/h3-9,16,19,21H,10H2,1-2H3,(H,18,22). The predicted octanol–water partition coefficient (Wildman–Crippen LogP) is 2.41. The van der Waals surface area contributed by atoms with E-state index in [-0.39, 0.29) is 23.5 Å². The number of benzene rings is 2. The minimum Gasteiger partial charge on any atom is -0.387 e. The highest BCUT2D eigenvalue weighted by molar-refractivity contribution is 5.95. The molecule has 1 amide bonds. The molecule has 0 radical (unpaired) electrons. The van der Waals surface area contributed by atoms with E-state index < -0.39 is 16.9 Å².